The van der Waals surface area contributed by atoms with Crippen molar-refractivity contribution in [3.63, 3.8) is 0 Å². The smallest absolute Gasteiger partial charge is 0.349 e. The Hall–Kier alpha value is -2.14. The highest BCUT2D eigenvalue weighted by Crippen LogP contribution is 2.32. The number of carbonyl (C=O) groups is 2. The normalized spacial score (nSPS) is 19.8. The fraction of sp³-hybridized carbons (Fsp3) is 0.455. The summed E-state index contributed by atoms with van der Waals surface area (Å²) in [5.41, 5.74) is 3.75. The molecule has 0 unspecified atom stereocenters. The van der Waals surface area contributed by atoms with Crippen molar-refractivity contribution >= 4 is 23.2 Å². The van der Waals surface area contributed by atoms with Gasteiger partial charge in [0.2, 0.25) is 0 Å². The number of carbonyl (C=O) groups excluding carboxylic acids is 2. The van der Waals surface area contributed by atoms with Crippen LogP contribution in [0.4, 0.5) is 0 Å². The number of hydrogen-bond acceptors (Lipinski definition) is 4. The Morgan fingerprint density at radius 3 is 2.78 bits per heavy atom. The molecule has 1 aromatic carbocycles. The number of hydrogen-bond donors (Lipinski definition) is 0. The van der Waals surface area contributed by atoms with Crippen LogP contribution >= 0.6 is 11.3 Å². The van der Waals surface area contributed by atoms with E-state index in [-0.39, 0.29) is 11.9 Å². The molecule has 2 heterocycles. The van der Waals surface area contributed by atoms with Crippen LogP contribution in [0.3, 0.4) is 0 Å². The number of ether oxygens (including phenoxy) is 1. The van der Waals surface area contributed by atoms with Gasteiger partial charge in [0, 0.05) is 18.0 Å². The number of aryl methyl sites for hydroxylation is 1. The molecular weight excluding hydrogens is 358 g/mol. The van der Waals surface area contributed by atoms with Gasteiger partial charge in [-0.3, -0.25) is 4.79 Å². The molecule has 27 heavy (non-hydrogen) atoms. The van der Waals surface area contributed by atoms with Gasteiger partial charge in [0.25, 0.3) is 5.91 Å². The van der Waals surface area contributed by atoms with Crippen LogP contribution in [0.25, 0.3) is 0 Å². The van der Waals surface area contributed by atoms with E-state index in [1.54, 1.807) is 11.8 Å². The van der Waals surface area contributed by atoms with Gasteiger partial charge in [-0.15, -0.1) is 11.3 Å². The molecule has 0 N–H and O–H groups in total. The summed E-state index contributed by atoms with van der Waals surface area (Å²) >= 11 is 1.53. The fourth-order valence-electron chi connectivity index (χ4n) is 4.02. The lowest BCUT2D eigenvalue weighted by molar-refractivity contribution is -0.140. The molecule has 4 rings (SSSR count). The molecule has 0 bridgehead atoms. The zero-order valence-electron chi connectivity index (χ0n) is 15.9. The molecular formula is C22H25NO3S. The average Bonchev–Trinajstić information content (AvgIpc) is 3.10. The molecule has 4 nitrogen and oxygen atoms in total. The minimum absolute atomic E-state index is 0.118. The summed E-state index contributed by atoms with van der Waals surface area (Å²) in [5, 5.41) is 0. The second kappa shape index (κ2) is 7.47. The van der Waals surface area contributed by atoms with Crippen LogP contribution in [0.2, 0.25) is 0 Å². The number of amides is 1. The maximum atomic E-state index is 12.8. The van der Waals surface area contributed by atoms with E-state index in [1.807, 2.05) is 18.2 Å². The second-order valence-electron chi connectivity index (χ2n) is 7.73. The van der Waals surface area contributed by atoms with E-state index in [2.05, 4.69) is 19.1 Å². The second-order valence-corrected chi connectivity index (χ2v) is 8.87. The number of benzene rings is 1. The van der Waals surface area contributed by atoms with E-state index in [0.29, 0.717) is 23.9 Å². The monoisotopic (exact) mass is 383 g/mol. The molecule has 0 fully saturated rings. The Morgan fingerprint density at radius 1 is 1.19 bits per heavy atom. The molecule has 2 atom stereocenters. The summed E-state index contributed by atoms with van der Waals surface area (Å²) in [7, 11) is 0. The molecule has 2 aromatic rings. The molecule has 2 aliphatic rings. The molecule has 1 aliphatic carbocycles. The van der Waals surface area contributed by atoms with Crippen molar-refractivity contribution in [3.8, 4) is 0 Å². The largest absolute Gasteiger partial charge is 0.448 e. The highest BCUT2D eigenvalue weighted by atomic mass is 32.1. The Labute approximate surface area is 164 Å². The summed E-state index contributed by atoms with van der Waals surface area (Å²) in [6.07, 6.45) is 3.32. The third kappa shape index (κ3) is 3.79. The SMILES string of the molecule is C[C@H]1CCc2sc(C(=O)O[C@@H](C)C(=O)N3CCc4ccccc4C3)cc2C1. The molecule has 0 radical (unpaired) electrons. The van der Waals surface area contributed by atoms with Crippen LogP contribution in [0.1, 0.15) is 51.5 Å². The molecule has 0 saturated carbocycles. The predicted octanol–water partition coefficient (Wildman–Crippen LogP) is 4.00. The van der Waals surface area contributed by atoms with Crippen molar-refractivity contribution in [2.75, 3.05) is 6.54 Å². The van der Waals surface area contributed by atoms with E-state index in [1.165, 1.54) is 39.3 Å². The zero-order valence-corrected chi connectivity index (χ0v) is 16.7. The van der Waals surface area contributed by atoms with Gasteiger partial charge < -0.3 is 9.64 Å². The number of rotatable bonds is 3. The fourth-order valence-corrected chi connectivity index (χ4v) is 5.11. The molecule has 5 heteroatoms. The summed E-state index contributed by atoms with van der Waals surface area (Å²) in [5.74, 6) is 0.173. The van der Waals surface area contributed by atoms with E-state index in [4.69, 9.17) is 4.74 Å². The number of fused-ring (bicyclic) bond motifs is 2. The lowest BCUT2D eigenvalue weighted by Crippen LogP contribution is -2.42. The highest BCUT2D eigenvalue weighted by molar-refractivity contribution is 7.14. The lowest BCUT2D eigenvalue weighted by atomic mass is 9.90. The Kier molecular flexibility index (Phi) is 5.04. The van der Waals surface area contributed by atoms with Crippen LogP contribution < -0.4 is 0 Å². The van der Waals surface area contributed by atoms with Gasteiger partial charge in [0.05, 0.1) is 0 Å². The van der Waals surface area contributed by atoms with Crippen molar-refractivity contribution in [2.24, 2.45) is 5.92 Å². The maximum Gasteiger partial charge on any atom is 0.349 e. The maximum absolute atomic E-state index is 12.8. The van der Waals surface area contributed by atoms with Crippen LogP contribution in [-0.2, 0) is 35.3 Å². The number of esters is 1. The third-order valence-electron chi connectivity index (χ3n) is 5.60. The molecule has 1 aliphatic heterocycles. The Balaban J connectivity index is 1.39. The van der Waals surface area contributed by atoms with E-state index < -0.39 is 6.10 Å². The first kappa shape index (κ1) is 18.2. The lowest BCUT2D eigenvalue weighted by Gasteiger charge is -2.30. The molecule has 0 saturated heterocycles. The summed E-state index contributed by atoms with van der Waals surface area (Å²) in [6, 6.07) is 10.2. The first-order valence-electron chi connectivity index (χ1n) is 9.69. The molecule has 0 spiro atoms. The van der Waals surface area contributed by atoms with E-state index in [0.717, 1.165) is 19.3 Å². The van der Waals surface area contributed by atoms with Crippen molar-refractivity contribution in [1.82, 2.24) is 4.90 Å². The van der Waals surface area contributed by atoms with Crippen molar-refractivity contribution in [2.45, 2.75) is 52.2 Å². The standard InChI is InChI=1S/C22H25NO3S/c1-14-7-8-19-18(11-14)12-20(27-19)22(25)26-15(2)21(24)23-10-9-16-5-3-4-6-17(16)13-23/h3-6,12,14-15H,7-11,13H2,1-2H3/t14-,15-/m0/s1. The van der Waals surface area contributed by atoms with Gasteiger partial charge >= 0.3 is 5.97 Å². The minimum atomic E-state index is -0.763. The first-order valence-corrected chi connectivity index (χ1v) is 10.5. The van der Waals surface area contributed by atoms with E-state index in [9.17, 15) is 9.59 Å². The molecule has 1 amide bonds. The van der Waals surface area contributed by atoms with Crippen LogP contribution in [0, 0.1) is 5.92 Å². The average molecular weight is 384 g/mol. The minimum Gasteiger partial charge on any atom is -0.448 e. The van der Waals surface area contributed by atoms with Crippen molar-refractivity contribution < 1.29 is 14.3 Å². The Bertz CT molecular complexity index is 872. The third-order valence-corrected chi connectivity index (χ3v) is 6.82. The summed E-state index contributed by atoms with van der Waals surface area (Å²) in [6.45, 7) is 5.18. The van der Waals surface area contributed by atoms with Crippen LogP contribution in [0.5, 0.6) is 0 Å². The van der Waals surface area contributed by atoms with Gasteiger partial charge in [0.1, 0.15) is 4.88 Å². The Morgan fingerprint density at radius 2 is 1.96 bits per heavy atom. The number of thiophene rings is 1. The van der Waals surface area contributed by atoms with Crippen LogP contribution in [0.15, 0.2) is 30.3 Å². The molecule has 142 valence electrons. The summed E-state index contributed by atoms with van der Waals surface area (Å²) in [4.78, 5) is 29.0. The van der Waals surface area contributed by atoms with Crippen molar-refractivity contribution in [3.05, 3.63) is 56.8 Å². The first-order chi connectivity index (χ1) is 13.0. The van der Waals surface area contributed by atoms with Gasteiger partial charge in [-0.05, 0) is 61.3 Å². The van der Waals surface area contributed by atoms with Gasteiger partial charge in [-0.25, -0.2) is 4.79 Å². The highest BCUT2D eigenvalue weighted by Gasteiger charge is 2.28. The van der Waals surface area contributed by atoms with Gasteiger partial charge in [-0.1, -0.05) is 31.2 Å². The zero-order chi connectivity index (χ0) is 19.0. The quantitative estimate of drug-likeness (QED) is 0.753. The van der Waals surface area contributed by atoms with Gasteiger partial charge in [-0.2, -0.15) is 0 Å². The van der Waals surface area contributed by atoms with Crippen molar-refractivity contribution in [1.29, 1.82) is 0 Å². The van der Waals surface area contributed by atoms with E-state index >= 15 is 0 Å². The predicted molar refractivity (Wildman–Crippen MR) is 106 cm³/mol. The number of nitrogens with zero attached hydrogens (tertiary/aromatic N) is 1. The topological polar surface area (TPSA) is 46.6 Å². The van der Waals surface area contributed by atoms with Gasteiger partial charge in [0.15, 0.2) is 6.10 Å². The summed E-state index contributed by atoms with van der Waals surface area (Å²) < 4.78 is 5.52. The van der Waals surface area contributed by atoms with Crippen LogP contribution in [-0.4, -0.2) is 29.4 Å². The molecule has 1 aromatic heterocycles.